The van der Waals surface area contributed by atoms with Gasteiger partial charge in [0.05, 0.1) is 0 Å². The van der Waals surface area contributed by atoms with Gasteiger partial charge in [-0.1, -0.05) is 6.07 Å². The molecule has 1 aliphatic heterocycles. The fraction of sp³-hybridized carbons (Fsp3) is 0.286. The maximum Gasteiger partial charge on any atom is 0.270 e. The number of carbonyl (C=O) groups is 2. The van der Waals surface area contributed by atoms with Gasteiger partial charge in [-0.25, -0.2) is 9.67 Å². The Balaban J connectivity index is 1.75. The standard InChI is InChI=1S/C14H15N5O2/c20-13-10(5-2-7-15-13)18-14(21)11-4-1-6-12(17-11)19-9-3-8-16-19/h1,3-4,6,8-10H,2,5,7H2,(H,15,20)(H,18,21)/t10-/m1/s1. The van der Waals surface area contributed by atoms with Gasteiger partial charge in [0.25, 0.3) is 5.91 Å². The van der Waals surface area contributed by atoms with Gasteiger partial charge in [0, 0.05) is 18.9 Å². The predicted octanol–water partition coefficient (Wildman–Crippen LogP) is 0.276. The molecule has 2 N–H and O–H groups in total. The van der Waals surface area contributed by atoms with Crippen LogP contribution in [0.25, 0.3) is 5.82 Å². The van der Waals surface area contributed by atoms with Crippen molar-refractivity contribution in [1.29, 1.82) is 0 Å². The molecule has 7 nitrogen and oxygen atoms in total. The van der Waals surface area contributed by atoms with E-state index in [9.17, 15) is 9.59 Å². The van der Waals surface area contributed by atoms with Crippen LogP contribution in [0.3, 0.4) is 0 Å². The van der Waals surface area contributed by atoms with Gasteiger partial charge in [-0.15, -0.1) is 0 Å². The summed E-state index contributed by atoms with van der Waals surface area (Å²) < 4.78 is 1.57. The molecule has 0 saturated carbocycles. The van der Waals surface area contributed by atoms with E-state index in [1.54, 1.807) is 41.3 Å². The van der Waals surface area contributed by atoms with Crippen LogP contribution < -0.4 is 10.6 Å². The number of piperidine rings is 1. The molecule has 7 heteroatoms. The van der Waals surface area contributed by atoms with Crippen LogP contribution in [-0.2, 0) is 4.79 Å². The molecule has 1 atom stereocenters. The van der Waals surface area contributed by atoms with Gasteiger partial charge in [-0.2, -0.15) is 5.10 Å². The van der Waals surface area contributed by atoms with Crippen molar-refractivity contribution in [3.63, 3.8) is 0 Å². The minimum atomic E-state index is -0.485. The molecule has 3 rings (SSSR count). The maximum absolute atomic E-state index is 12.2. The smallest absolute Gasteiger partial charge is 0.270 e. The van der Waals surface area contributed by atoms with Crippen LogP contribution >= 0.6 is 0 Å². The normalized spacial score (nSPS) is 18.1. The number of aromatic nitrogens is 3. The lowest BCUT2D eigenvalue weighted by molar-refractivity contribution is -0.124. The lowest BCUT2D eigenvalue weighted by Gasteiger charge is -2.22. The number of carbonyl (C=O) groups excluding carboxylic acids is 2. The number of hydrogen-bond donors (Lipinski definition) is 2. The summed E-state index contributed by atoms with van der Waals surface area (Å²) in [7, 11) is 0. The first-order valence-corrected chi connectivity index (χ1v) is 6.80. The van der Waals surface area contributed by atoms with E-state index in [0.717, 1.165) is 6.42 Å². The highest BCUT2D eigenvalue weighted by Crippen LogP contribution is 2.07. The fourth-order valence-corrected chi connectivity index (χ4v) is 2.22. The molecule has 0 radical (unpaired) electrons. The van der Waals surface area contributed by atoms with Crippen LogP contribution in [-0.4, -0.2) is 39.2 Å². The quantitative estimate of drug-likeness (QED) is 0.847. The Kier molecular flexibility index (Phi) is 3.63. The van der Waals surface area contributed by atoms with Crippen molar-refractivity contribution in [2.45, 2.75) is 18.9 Å². The van der Waals surface area contributed by atoms with E-state index in [2.05, 4.69) is 20.7 Å². The molecular formula is C14H15N5O2. The van der Waals surface area contributed by atoms with Crippen LogP contribution in [0.2, 0.25) is 0 Å². The van der Waals surface area contributed by atoms with Crippen LogP contribution in [0.5, 0.6) is 0 Å². The number of nitrogens with zero attached hydrogens (tertiary/aromatic N) is 3. The average molecular weight is 285 g/mol. The third kappa shape index (κ3) is 2.91. The molecule has 1 aliphatic rings. The van der Waals surface area contributed by atoms with Crippen molar-refractivity contribution in [2.24, 2.45) is 0 Å². The van der Waals surface area contributed by atoms with E-state index in [1.165, 1.54) is 0 Å². The molecule has 3 heterocycles. The zero-order chi connectivity index (χ0) is 14.7. The Labute approximate surface area is 121 Å². The van der Waals surface area contributed by atoms with Gasteiger partial charge in [-0.3, -0.25) is 9.59 Å². The highest BCUT2D eigenvalue weighted by molar-refractivity contribution is 5.96. The maximum atomic E-state index is 12.2. The van der Waals surface area contributed by atoms with E-state index in [4.69, 9.17) is 0 Å². The summed E-state index contributed by atoms with van der Waals surface area (Å²) >= 11 is 0. The summed E-state index contributed by atoms with van der Waals surface area (Å²) in [4.78, 5) is 28.1. The summed E-state index contributed by atoms with van der Waals surface area (Å²) in [6.07, 6.45) is 4.90. The number of amides is 2. The first-order valence-electron chi connectivity index (χ1n) is 6.80. The van der Waals surface area contributed by atoms with E-state index < -0.39 is 6.04 Å². The summed E-state index contributed by atoms with van der Waals surface area (Å²) in [5.41, 5.74) is 0.265. The summed E-state index contributed by atoms with van der Waals surface area (Å²) in [6.45, 7) is 0.665. The zero-order valence-corrected chi connectivity index (χ0v) is 11.3. The lowest BCUT2D eigenvalue weighted by atomic mass is 10.1. The first-order chi connectivity index (χ1) is 10.2. The monoisotopic (exact) mass is 285 g/mol. The summed E-state index contributed by atoms with van der Waals surface area (Å²) in [5, 5.41) is 9.52. The third-order valence-electron chi connectivity index (χ3n) is 3.30. The second kappa shape index (κ2) is 5.74. The molecule has 21 heavy (non-hydrogen) atoms. The molecule has 108 valence electrons. The zero-order valence-electron chi connectivity index (χ0n) is 11.3. The molecule has 2 aromatic heterocycles. The SMILES string of the molecule is O=C(N[C@@H]1CCCNC1=O)c1cccc(-n2cccn2)n1. The van der Waals surface area contributed by atoms with E-state index in [-0.39, 0.29) is 17.5 Å². The van der Waals surface area contributed by atoms with E-state index in [1.807, 2.05) is 0 Å². The molecule has 1 fully saturated rings. The number of rotatable bonds is 3. The van der Waals surface area contributed by atoms with Crippen LogP contribution in [0.4, 0.5) is 0 Å². The van der Waals surface area contributed by atoms with Gasteiger partial charge in [0.1, 0.15) is 11.7 Å². The highest BCUT2D eigenvalue weighted by atomic mass is 16.2. The number of nitrogens with one attached hydrogen (secondary N) is 2. The van der Waals surface area contributed by atoms with Crippen molar-refractivity contribution in [3.05, 3.63) is 42.4 Å². The summed E-state index contributed by atoms with van der Waals surface area (Å²) in [5.74, 6) is 0.0598. The topological polar surface area (TPSA) is 88.9 Å². The Morgan fingerprint density at radius 3 is 3.05 bits per heavy atom. The van der Waals surface area contributed by atoms with Crippen LogP contribution in [0.1, 0.15) is 23.3 Å². The van der Waals surface area contributed by atoms with E-state index >= 15 is 0 Å². The van der Waals surface area contributed by atoms with Crippen molar-refractivity contribution in [3.8, 4) is 5.82 Å². The van der Waals surface area contributed by atoms with Gasteiger partial charge < -0.3 is 10.6 Å². The van der Waals surface area contributed by atoms with E-state index in [0.29, 0.717) is 18.8 Å². The molecular weight excluding hydrogens is 270 g/mol. The van der Waals surface area contributed by atoms with Crippen LogP contribution in [0.15, 0.2) is 36.7 Å². The Bertz CT molecular complexity index is 653. The minimum absolute atomic E-state index is 0.141. The van der Waals surface area contributed by atoms with Crippen molar-refractivity contribution in [2.75, 3.05) is 6.54 Å². The van der Waals surface area contributed by atoms with Crippen molar-refractivity contribution in [1.82, 2.24) is 25.4 Å². The average Bonchev–Trinajstić information content (AvgIpc) is 3.04. The minimum Gasteiger partial charge on any atom is -0.354 e. The Morgan fingerprint density at radius 2 is 2.29 bits per heavy atom. The largest absolute Gasteiger partial charge is 0.354 e. The Hall–Kier alpha value is -2.70. The van der Waals surface area contributed by atoms with Gasteiger partial charge >= 0.3 is 0 Å². The third-order valence-corrected chi connectivity index (χ3v) is 3.30. The summed E-state index contributed by atoms with van der Waals surface area (Å²) in [6, 6.07) is 6.40. The van der Waals surface area contributed by atoms with Crippen molar-refractivity contribution < 1.29 is 9.59 Å². The lowest BCUT2D eigenvalue weighted by Crippen LogP contribution is -2.50. The second-order valence-electron chi connectivity index (χ2n) is 4.79. The second-order valence-corrected chi connectivity index (χ2v) is 4.79. The molecule has 1 saturated heterocycles. The Morgan fingerprint density at radius 1 is 1.38 bits per heavy atom. The van der Waals surface area contributed by atoms with Gasteiger partial charge in [-0.05, 0) is 31.0 Å². The highest BCUT2D eigenvalue weighted by Gasteiger charge is 2.24. The molecule has 0 unspecified atom stereocenters. The van der Waals surface area contributed by atoms with Crippen LogP contribution in [0, 0.1) is 0 Å². The number of pyridine rings is 1. The molecule has 2 aromatic rings. The molecule has 2 amide bonds. The molecule has 0 aliphatic carbocycles. The van der Waals surface area contributed by atoms with Gasteiger partial charge in [0.2, 0.25) is 5.91 Å². The fourth-order valence-electron chi connectivity index (χ4n) is 2.22. The van der Waals surface area contributed by atoms with Crippen molar-refractivity contribution >= 4 is 11.8 Å². The predicted molar refractivity (Wildman–Crippen MR) is 74.9 cm³/mol. The molecule has 0 spiro atoms. The number of hydrogen-bond acceptors (Lipinski definition) is 4. The molecule has 0 aromatic carbocycles. The molecule has 0 bridgehead atoms. The first kappa shape index (κ1) is 13.3. The van der Waals surface area contributed by atoms with Gasteiger partial charge in [0.15, 0.2) is 5.82 Å².